The molecule has 1 atom stereocenters. The summed E-state index contributed by atoms with van der Waals surface area (Å²) in [5, 5.41) is 3.06. The highest BCUT2D eigenvalue weighted by Gasteiger charge is 2.28. The van der Waals surface area contributed by atoms with Crippen LogP contribution in [0, 0.1) is 5.92 Å². The fraction of sp³-hybridized carbons (Fsp3) is 0.435. The number of hydrogen-bond acceptors (Lipinski definition) is 3. The zero-order valence-electron chi connectivity index (χ0n) is 17.2. The molecule has 0 saturated carbocycles. The Hall–Kier alpha value is -2.89. The number of carbonyl (C=O) groups is 1. The van der Waals surface area contributed by atoms with Crippen LogP contribution in [0.15, 0.2) is 48.7 Å². The van der Waals surface area contributed by atoms with E-state index in [-0.39, 0.29) is 6.03 Å². The molecule has 2 amide bonds. The van der Waals surface area contributed by atoms with Gasteiger partial charge in [0.05, 0.1) is 0 Å². The highest BCUT2D eigenvalue weighted by molar-refractivity contribution is 5.74. The van der Waals surface area contributed by atoms with Crippen molar-refractivity contribution < 1.29 is 4.79 Å². The van der Waals surface area contributed by atoms with Gasteiger partial charge in [0.15, 0.2) is 5.65 Å². The van der Waals surface area contributed by atoms with Gasteiger partial charge in [0, 0.05) is 38.3 Å². The maximum absolute atomic E-state index is 12.5. The van der Waals surface area contributed by atoms with Crippen LogP contribution in [-0.4, -0.2) is 45.1 Å². The number of nitrogens with zero attached hydrogens (tertiary/aromatic N) is 4. The quantitative estimate of drug-likeness (QED) is 0.695. The smallest absolute Gasteiger partial charge is 0.317 e. The Morgan fingerprint density at radius 2 is 2.03 bits per heavy atom. The fourth-order valence-corrected chi connectivity index (χ4v) is 4.18. The van der Waals surface area contributed by atoms with Gasteiger partial charge < -0.3 is 14.8 Å². The minimum atomic E-state index is 0.0439. The summed E-state index contributed by atoms with van der Waals surface area (Å²) in [6.07, 6.45) is 4.57. The van der Waals surface area contributed by atoms with Crippen molar-refractivity contribution in [3.63, 3.8) is 0 Å². The lowest BCUT2D eigenvalue weighted by Gasteiger charge is -2.18. The van der Waals surface area contributed by atoms with Gasteiger partial charge in [-0.25, -0.2) is 14.8 Å². The molecule has 2 aromatic heterocycles. The highest BCUT2D eigenvalue weighted by Crippen LogP contribution is 2.25. The Morgan fingerprint density at radius 3 is 2.83 bits per heavy atom. The van der Waals surface area contributed by atoms with Crippen molar-refractivity contribution in [2.24, 2.45) is 5.92 Å². The second-order valence-electron chi connectivity index (χ2n) is 8.11. The summed E-state index contributed by atoms with van der Waals surface area (Å²) in [6.45, 7) is 6.59. The maximum atomic E-state index is 12.5. The number of pyridine rings is 1. The van der Waals surface area contributed by atoms with Crippen LogP contribution in [0.25, 0.3) is 11.2 Å². The molecule has 3 aromatic rings. The number of likely N-dealkylation sites (tertiary alicyclic amines) is 1. The summed E-state index contributed by atoms with van der Waals surface area (Å²) in [5.74, 6) is 1.51. The summed E-state index contributed by atoms with van der Waals surface area (Å²) in [6, 6.07) is 14.6. The van der Waals surface area contributed by atoms with E-state index < -0.39 is 0 Å². The largest absolute Gasteiger partial charge is 0.338 e. The van der Waals surface area contributed by atoms with Crippen LogP contribution >= 0.6 is 0 Å². The van der Waals surface area contributed by atoms with Crippen molar-refractivity contribution in [3.8, 4) is 0 Å². The number of nitrogens with one attached hydrogen (secondary N) is 1. The van der Waals surface area contributed by atoms with E-state index in [0.29, 0.717) is 18.5 Å². The molecule has 6 heteroatoms. The molecule has 1 N–H and O–H groups in total. The Labute approximate surface area is 172 Å². The molecule has 0 radical (unpaired) electrons. The maximum Gasteiger partial charge on any atom is 0.317 e. The number of rotatable bonds is 6. The zero-order chi connectivity index (χ0) is 20.2. The van der Waals surface area contributed by atoms with Crippen LogP contribution in [0.4, 0.5) is 4.79 Å². The van der Waals surface area contributed by atoms with Gasteiger partial charge in [0.2, 0.25) is 0 Å². The Balaban J connectivity index is 1.34. The van der Waals surface area contributed by atoms with Gasteiger partial charge in [0.25, 0.3) is 0 Å². The summed E-state index contributed by atoms with van der Waals surface area (Å²) < 4.78 is 2.23. The first-order valence-electron chi connectivity index (χ1n) is 10.5. The minimum absolute atomic E-state index is 0.0439. The number of imidazole rings is 1. The fourth-order valence-electron chi connectivity index (χ4n) is 4.18. The van der Waals surface area contributed by atoms with E-state index >= 15 is 0 Å². The van der Waals surface area contributed by atoms with Gasteiger partial charge >= 0.3 is 6.03 Å². The van der Waals surface area contributed by atoms with E-state index in [4.69, 9.17) is 4.98 Å². The average molecular weight is 392 g/mol. The predicted molar refractivity (Wildman–Crippen MR) is 115 cm³/mol. The van der Waals surface area contributed by atoms with E-state index in [1.54, 1.807) is 0 Å². The molecule has 29 heavy (non-hydrogen) atoms. The van der Waals surface area contributed by atoms with Crippen LogP contribution in [0.2, 0.25) is 0 Å². The van der Waals surface area contributed by atoms with E-state index in [9.17, 15) is 4.79 Å². The molecule has 0 spiro atoms. The highest BCUT2D eigenvalue weighted by atomic mass is 16.2. The zero-order valence-corrected chi connectivity index (χ0v) is 17.2. The standard InChI is InChI=1S/C23H29N5O/c1-17(2)28-21(26-20-9-6-12-24-22(20)28)15-19-11-14-27(16-19)23(29)25-13-10-18-7-4-3-5-8-18/h3-9,12,17,19H,10-11,13-16H2,1-2H3,(H,25,29)/t19-/m0/s1. The second-order valence-corrected chi connectivity index (χ2v) is 8.11. The molecule has 1 saturated heterocycles. The molecule has 6 nitrogen and oxygen atoms in total. The molecular formula is C23H29N5O. The van der Waals surface area contributed by atoms with E-state index in [0.717, 1.165) is 49.3 Å². The van der Waals surface area contributed by atoms with Gasteiger partial charge in [-0.2, -0.15) is 0 Å². The molecule has 0 unspecified atom stereocenters. The normalized spacial score (nSPS) is 16.7. The molecule has 0 bridgehead atoms. The molecule has 1 fully saturated rings. The van der Waals surface area contributed by atoms with Crippen molar-refractivity contribution >= 4 is 17.2 Å². The van der Waals surface area contributed by atoms with Crippen molar-refractivity contribution in [2.75, 3.05) is 19.6 Å². The van der Waals surface area contributed by atoms with E-state index in [1.165, 1.54) is 5.56 Å². The number of fused-ring (bicyclic) bond motifs is 1. The van der Waals surface area contributed by atoms with Gasteiger partial charge in [-0.1, -0.05) is 30.3 Å². The monoisotopic (exact) mass is 391 g/mol. The van der Waals surface area contributed by atoms with Crippen LogP contribution < -0.4 is 5.32 Å². The number of aromatic nitrogens is 3. The number of carbonyl (C=O) groups excluding carboxylic acids is 1. The molecule has 152 valence electrons. The lowest BCUT2D eigenvalue weighted by molar-refractivity contribution is 0.207. The third kappa shape index (κ3) is 4.42. The van der Waals surface area contributed by atoms with Gasteiger partial charge in [-0.05, 0) is 50.3 Å². The third-order valence-corrected chi connectivity index (χ3v) is 5.62. The first-order chi connectivity index (χ1) is 14.1. The van der Waals surface area contributed by atoms with Crippen molar-refractivity contribution in [1.82, 2.24) is 24.8 Å². The van der Waals surface area contributed by atoms with Crippen LogP contribution in [-0.2, 0) is 12.8 Å². The van der Waals surface area contributed by atoms with Crippen molar-refractivity contribution in [3.05, 3.63) is 60.0 Å². The summed E-state index contributed by atoms with van der Waals surface area (Å²) in [7, 11) is 0. The number of amides is 2. The number of urea groups is 1. The molecule has 1 aliphatic heterocycles. The summed E-state index contributed by atoms with van der Waals surface area (Å²) >= 11 is 0. The molecular weight excluding hydrogens is 362 g/mol. The molecule has 1 aromatic carbocycles. The third-order valence-electron chi connectivity index (χ3n) is 5.62. The van der Waals surface area contributed by atoms with Crippen molar-refractivity contribution in [1.29, 1.82) is 0 Å². The average Bonchev–Trinajstić information content (AvgIpc) is 3.33. The van der Waals surface area contributed by atoms with E-state index in [2.05, 4.69) is 40.8 Å². The van der Waals surface area contributed by atoms with E-state index in [1.807, 2.05) is 41.4 Å². The molecule has 4 rings (SSSR count). The minimum Gasteiger partial charge on any atom is -0.338 e. The molecule has 0 aliphatic carbocycles. The lowest BCUT2D eigenvalue weighted by atomic mass is 10.0. The topological polar surface area (TPSA) is 63.1 Å². The SMILES string of the molecule is CC(C)n1c(C[C@@H]2CCN(C(=O)NCCc3ccccc3)C2)nc2cccnc21. The predicted octanol–water partition coefficient (Wildman–Crippen LogP) is 3.83. The Kier molecular flexibility index (Phi) is 5.79. The van der Waals surface area contributed by atoms with Gasteiger partial charge in [-0.15, -0.1) is 0 Å². The van der Waals surface area contributed by atoms with Crippen molar-refractivity contribution in [2.45, 2.75) is 39.2 Å². The molecule has 1 aliphatic rings. The molecule has 3 heterocycles. The number of benzene rings is 1. The summed E-state index contributed by atoms with van der Waals surface area (Å²) in [5.41, 5.74) is 3.14. The lowest BCUT2D eigenvalue weighted by Crippen LogP contribution is -2.39. The first kappa shape index (κ1) is 19.4. The summed E-state index contributed by atoms with van der Waals surface area (Å²) in [4.78, 5) is 23.8. The van der Waals surface area contributed by atoms with Gasteiger partial charge in [-0.3, -0.25) is 0 Å². The first-order valence-corrected chi connectivity index (χ1v) is 10.5. The van der Waals surface area contributed by atoms with Crippen LogP contribution in [0.3, 0.4) is 0 Å². The van der Waals surface area contributed by atoms with Gasteiger partial charge in [0.1, 0.15) is 11.3 Å². The second kappa shape index (κ2) is 8.64. The number of hydrogen-bond donors (Lipinski definition) is 1. The Morgan fingerprint density at radius 1 is 1.21 bits per heavy atom. The van der Waals surface area contributed by atoms with Crippen LogP contribution in [0.5, 0.6) is 0 Å². The Bertz CT molecular complexity index is 966. The van der Waals surface area contributed by atoms with Crippen LogP contribution in [0.1, 0.15) is 37.7 Å².